The van der Waals surface area contributed by atoms with E-state index in [-0.39, 0.29) is 6.10 Å². The minimum atomic E-state index is -0.0733. The molecule has 0 aliphatic rings. The third-order valence-corrected chi connectivity index (χ3v) is 3.41. The van der Waals surface area contributed by atoms with Crippen LogP contribution in [0.4, 0.5) is 0 Å². The van der Waals surface area contributed by atoms with E-state index in [1.807, 2.05) is 55.4 Å². The first-order valence-corrected chi connectivity index (χ1v) is 8.17. The Hall–Kier alpha value is -2.12. The molecule has 2 rings (SSSR count). The van der Waals surface area contributed by atoms with Crippen LogP contribution in [0.3, 0.4) is 0 Å². The van der Waals surface area contributed by atoms with Gasteiger partial charge in [-0.1, -0.05) is 72.5 Å². The fourth-order valence-electron chi connectivity index (χ4n) is 2.25. The second-order valence-corrected chi connectivity index (χ2v) is 5.72. The number of ether oxygens (including phenoxy) is 2. The molecule has 0 fully saturated rings. The Morgan fingerprint density at radius 3 is 1.96 bits per heavy atom. The van der Waals surface area contributed by atoms with E-state index >= 15 is 0 Å². The fourth-order valence-corrected chi connectivity index (χ4v) is 2.25. The molecule has 0 unspecified atom stereocenters. The van der Waals surface area contributed by atoms with Crippen molar-refractivity contribution < 1.29 is 9.47 Å². The Morgan fingerprint density at radius 2 is 1.42 bits per heavy atom. The SMILES string of the molecule is CN(C)CC#CCOCCOC(c1ccccc1)c1ccccc1. The van der Waals surface area contributed by atoms with Crippen molar-refractivity contribution in [3.63, 3.8) is 0 Å². The maximum Gasteiger partial charge on any atom is 0.108 e. The molecule has 0 aliphatic heterocycles. The Kier molecular flexibility index (Phi) is 8.06. The molecule has 2 aromatic rings. The van der Waals surface area contributed by atoms with Gasteiger partial charge in [0.15, 0.2) is 0 Å². The topological polar surface area (TPSA) is 21.7 Å². The molecule has 24 heavy (non-hydrogen) atoms. The fraction of sp³-hybridized carbons (Fsp3) is 0.333. The predicted octanol–water partition coefficient (Wildman–Crippen LogP) is 3.37. The highest BCUT2D eigenvalue weighted by Gasteiger charge is 2.13. The van der Waals surface area contributed by atoms with Crippen molar-refractivity contribution in [2.75, 3.05) is 40.5 Å². The van der Waals surface area contributed by atoms with Crippen molar-refractivity contribution in [2.24, 2.45) is 0 Å². The molecule has 0 aliphatic carbocycles. The van der Waals surface area contributed by atoms with Crippen LogP contribution in [0, 0.1) is 11.8 Å². The van der Waals surface area contributed by atoms with E-state index in [0.717, 1.165) is 17.7 Å². The Labute approximate surface area is 145 Å². The minimum Gasteiger partial charge on any atom is -0.366 e. The second kappa shape index (κ2) is 10.6. The minimum absolute atomic E-state index is 0.0733. The van der Waals surface area contributed by atoms with Gasteiger partial charge in [0.1, 0.15) is 12.7 Å². The van der Waals surface area contributed by atoms with E-state index in [1.165, 1.54) is 0 Å². The predicted molar refractivity (Wildman–Crippen MR) is 97.8 cm³/mol. The van der Waals surface area contributed by atoms with Crippen molar-refractivity contribution in [2.45, 2.75) is 6.10 Å². The van der Waals surface area contributed by atoms with Gasteiger partial charge in [0.05, 0.1) is 19.8 Å². The van der Waals surface area contributed by atoms with Crippen molar-refractivity contribution in [3.05, 3.63) is 71.8 Å². The monoisotopic (exact) mass is 323 g/mol. The molecule has 0 bridgehead atoms. The maximum atomic E-state index is 6.08. The molecular formula is C21H25NO2. The molecule has 0 aromatic heterocycles. The molecule has 0 atom stereocenters. The second-order valence-electron chi connectivity index (χ2n) is 5.72. The summed E-state index contributed by atoms with van der Waals surface area (Å²) in [6.45, 7) is 2.26. The molecule has 0 radical (unpaired) electrons. The van der Waals surface area contributed by atoms with Gasteiger partial charge in [-0.05, 0) is 25.2 Å². The van der Waals surface area contributed by atoms with Gasteiger partial charge in [-0.15, -0.1) is 0 Å². The molecule has 3 nitrogen and oxygen atoms in total. The van der Waals surface area contributed by atoms with E-state index in [1.54, 1.807) is 0 Å². The summed E-state index contributed by atoms with van der Waals surface area (Å²) in [6, 6.07) is 20.5. The van der Waals surface area contributed by atoms with Gasteiger partial charge >= 0.3 is 0 Å². The Bertz CT molecular complexity index is 590. The van der Waals surface area contributed by atoms with Crippen molar-refractivity contribution in [1.29, 1.82) is 0 Å². The van der Waals surface area contributed by atoms with Gasteiger partial charge < -0.3 is 9.47 Å². The summed E-state index contributed by atoms with van der Waals surface area (Å²) in [7, 11) is 3.99. The summed E-state index contributed by atoms with van der Waals surface area (Å²) in [5.41, 5.74) is 2.30. The highest BCUT2D eigenvalue weighted by molar-refractivity contribution is 5.29. The molecule has 0 amide bonds. The Morgan fingerprint density at radius 1 is 0.833 bits per heavy atom. The summed E-state index contributed by atoms with van der Waals surface area (Å²) in [5.74, 6) is 6.05. The standard InChI is InChI=1S/C21H25NO2/c1-22(2)15-9-10-16-23-17-18-24-21(19-11-5-3-6-12-19)20-13-7-4-8-14-20/h3-8,11-14,21H,15-18H2,1-2H3. The largest absolute Gasteiger partial charge is 0.366 e. The van der Waals surface area contributed by atoms with Crippen LogP contribution in [0.2, 0.25) is 0 Å². The number of hydrogen-bond acceptors (Lipinski definition) is 3. The molecule has 0 spiro atoms. The zero-order valence-electron chi connectivity index (χ0n) is 14.4. The molecule has 0 saturated carbocycles. The van der Waals surface area contributed by atoms with Crippen LogP contribution in [0.5, 0.6) is 0 Å². The first kappa shape index (κ1) is 18.2. The average Bonchev–Trinajstić information content (AvgIpc) is 2.62. The lowest BCUT2D eigenvalue weighted by molar-refractivity contribution is 0.0283. The van der Waals surface area contributed by atoms with Gasteiger partial charge in [-0.2, -0.15) is 0 Å². The van der Waals surface area contributed by atoms with E-state index < -0.39 is 0 Å². The van der Waals surface area contributed by atoms with Crippen LogP contribution in [0.1, 0.15) is 17.2 Å². The zero-order valence-corrected chi connectivity index (χ0v) is 14.4. The normalized spacial score (nSPS) is 10.7. The molecule has 0 saturated heterocycles. The van der Waals surface area contributed by atoms with E-state index in [4.69, 9.17) is 9.47 Å². The highest BCUT2D eigenvalue weighted by Crippen LogP contribution is 2.25. The molecule has 0 N–H and O–H groups in total. The van der Waals surface area contributed by atoms with Crippen molar-refractivity contribution in [3.8, 4) is 11.8 Å². The summed E-state index contributed by atoms with van der Waals surface area (Å²) in [6.07, 6.45) is -0.0733. The van der Waals surface area contributed by atoms with Crippen molar-refractivity contribution >= 4 is 0 Å². The average molecular weight is 323 g/mol. The molecule has 2 aromatic carbocycles. The van der Waals surface area contributed by atoms with E-state index in [9.17, 15) is 0 Å². The lowest BCUT2D eigenvalue weighted by Gasteiger charge is -2.19. The Balaban J connectivity index is 1.83. The number of hydrogen-bond donors (Lipinski definition) is 0. The van der Waals surface area contributed by atoms with Gasteiger partial charge in [-0.3, -0.25) is 4.90 Å². The summed E-state index contributed by atoms with van der Waals surface area (Å²) in [5, 5.41) is 0. The van der Waals surface area contributed by atoms with Gasteiger partial charge in [0, 0.05) is 0 Å². The van der Waals surface area contributed by atoms with Crippen LogP contribution in [-0.4, -0.2) is 45.4 Å². The van der Waals surface area contributed by atoms with E-state index in [2.05, 4.69) is 36.1 Å². The third kappa shape index (κ3) is 6.55. The van der Waals surface area contributed by atoms with Crippen LogP contribution in [0.15, 0.2) is 60.7 Å². The van der Waals surface area contributed by atoms with Crippen LogP contribution < -0.4 is 0 Å². The summed E-state index contributed by atoms with van der Waals surface area (Å²) < 4.78 is 11.6. The number of benzene rings is 2. The molecule has 3 heteroatoms. The third-order valence-electron chi connectivity index (χ3n) is 3.41. The van der Waals surface area contributed by atoms with Gasteiger partial charge in [0.2, 0.25) is 0 Å². The first-order valence-electron chi connectivity index (χ1n) is 8.17. The quantitative estimate of drug-likeness (QED) is 0.549. The molecule has 0 heterocycles. The smallest absolute Gasteiger partial charge is 0.108 e. The lowest BCUT2D eigenvalue weighted by atomic mass is 10.0. The summed E-state index contributed by atoms with van der Waals surface area (Å²) in [4.78, 5) is 2.03. The number of nitrogens with zero attached hydrogens (tertiary/aromatic N) is 1. The highest BCUT2D eigenvalue weighted by atomic mass is 16.5. The first-order chi connectivity index (χ1) is 11.8. The van der Waals surface area contributed by atoms with Crippen LogP contribution in [-0.2, 0) is 9.47 Å². The van der Waals surface area contributed by atoms with Gasteiger partial charge in [0.25, 0.3) is 0 Å². The lowest BCUT2D eigenvalue weighted by Crippen LogP contribution is -2.12. The van der Waals surface area contributed by atoms with Crippen molar-refractivity contribution in [1.82, 2.24) is 4.90 Å². The molecular weight excluding hydrogens is 298 g/mol. The zero-order chi connectivity index (χ0) is 17.0. The van der Waals surface area contributed by atoms with E-state index in [0.29, 0.717) is 19.8 Å². The maximum absolute atomic E-state index is 6.08. The molecule has 126 valence electrons. The van der Waals surface area contributed by atoms with Gasteiger partial charge in [-0.25, -0.2) is 0 Å². The van der Waals surface area contributed by atoms with Crippen LogP contribution >= 0.6 is 0 Å². The summed E-state index contributed by atoms with van der Waals surface area (Å²) >= 11 is 0. The number of rotatable bonds is 8. The van der Waals surface area contributed by atoms with Crippen LogP contribution in [0.25, 0.3) is 0 Å².